The highest BCUT2D eigenvalue weighted by Gasteiger charge is 2.25. The molecule has 0 N–H and O–H groups in total. The van der Waals surface area contributed by atoms with E-state index in [0.29, 0.717) is 10.8 Å². The molecule has 0 heterocycles. The molecule has 1 rings (SSSR count). The van der Waals surface area contributed by atoms with Gasteiger partial charge in [0.1, 0.15) is 5.25 Å². The summed E-state index contributed by atoms with van der Waals surface area (Å²) in [5, 5.41) is 0.0661. The maximum Gasteiger partial charge on any atom is 0.238 e. The third kappa shape index (κ3) is 4.32. The molecule has 0 fully saturated rings. The van der Waals surface area contributed by atoms with E-state index in [0.717, 1.165) is 5.56 Å². The van der Waals surface area contributed by atoms with Crippen LogP contribution in [0.5, 0.6) is 0 Å². The molecule has 1 aromatic carbocycles. The van der Waals surface area contributed by atoms with Gasteiger partial charge in [-0.1, -0.05) is 29.8 Å². The van der Waals surface area contributed by atoms with Gasteiger partial charge in [-0.15, -0.1) is 0 Å². The second-order valence-electron chi connectivity index (χ2n) is 4.80. The van der Waals surface area contributed by atoms with Crippen molar-refractivity contribution in [2.24, 2.45) is 0 Å². The first-order valence-corrected chi connectivity index (χ1v) is 7.97. The largest absolute Gasteiger partial charge is 0.342 e. The van der Waals surface area contributed by atoms with Gasteiger partial charge in [-0.3, -0.25) is 9.00 Å². The van der Waals surface area contributed by atoms with Crippen molar-refractivity contribution in [3.8, 4) is 0 Å². The molecule has 106 valence electrons. The Hall–Kier alpha value is -0.870. The average molecular weight is 302 g/mol. The van der Waals surface area contributed by atoms with E-state index in [9.17, 15) is 9.00 Å². The Labute approximate surface area is 122 Å². The van der Waals surface area contributed by atoms with Crippen LogP contribution in [0.15, 0.2) is 24.3 Å². The highest BCUT2D eigenvalue weighted by atomic mass is 35.5. The fourth-order valence-corrected chi connectivity index (χ4v) is 3.03. The molecule has 0 saturated heterocycles. The summed E-state index contributed by atoms with van der Waals surface area (Å²) < 4.78 is 12.2. The molecule has 19 heavy (non-hydrogen) atoms. The van der Waals surface area contributed by atoms with Gasteiger partial charge < -0.3 is 4.90 Å². The molecule has 3 nitrogen and oxygen atoms in total. The van der Waals surface area contributed by atoms with Gasteiger partial charge >= 0.3 is 0 Å². The molecule has 0 bridgehead atoms. The lowest BCUT2D eigenvalue weighted by Gasteiger charge is -2.24. The molecular formula is C14H20ClNO2S. The van der Waals surface area contributed by atoms with Crippen LogP contribution >= 0.6 is 11.6 Å². The Morgan fingerprint density at radius 3 is 2.42 bits per heavy atom. The Kier molecular flexibility index (Phi) is 6.01. The standard InChI is InChI=1S/C14H20ClNO2S/c1-10(2)16(4)14(17)11(3)19(18)9-12-7-5-6-8-13(12)15/h5-8,10-11H,9H2,1-4H3. The van der Waals surface area contributed by atoms with Crippen molar-refractivity contribution in [1.29, 1.82) is 0 Å². The van der Waals surface area contributed by atoms with Crippen molar-refractivity contribution in [3.05, 3.63) is 34.9 Å². The molecule has 0 aliphatic rings. The first-order chi connectivity index (χ1) is 8.84. The second kappa shape index (κ2) is 7.06. The summed E-state index contributed by atoms with van der Waals surface area (Å²) in [4.78, 5) is 13.7. The summed E-state index contributed by atoms with van der Waals surface area (Å²) in [5.41, 5.74) is 0.814. The number of hydrogen-bond donors (Lipinski definition) is 0. The van der Waals surface area contributed by atoms with E-state index in [1.807, 2.05) is 32.0 Å². The molecule has 0 saturated carbocycles. The van der Waals surface area contributed by atoms with Crippen molar-refractivity contribution in [3.63, 3.8) is 0 Å². The zero-order chi connectivity index (χ0) is 14.6. The summed E-state index contributed by atoms with van der Waals surface area (Å²) in [6, 6.07) is 7.39. The zero-order valence-electron chi connectivity index (χ0n) is 11.7. The lowest BCUT2D eigenvalue weighted by molar-refractivity contribution is -0.130. The van der Waals surface area contributed by atoms with E-state index in [2.05, 4.69) is 0 Å². The number of carbonyl (C=O) groups is 1. The second-order valence-corrected chi connectivity index (χ2v) is 6.97. The van der Waals surface area contributed by atoms with Crippen LogP contribution in [-0.4, -0.2) is 33.4 Å². The van der Waals surface area contributed by atoms with Crippen LogP contribution in [0.3, 0.4) is 0 Å². The topological polar surface area (TPSA) is 37.4 Å². The van der Waals surface area contributed by atoms with Crippen LogP contribution < -0.4 is 0 Å². The lowest BCUT2D eigenvalue weighted by atomic mass is 10.2. The smallest absolute Gasteiger partial charge is 0.238 e. The minimum atomic E-state index is -1.27. The van der Waals surface area contributed by atoms with Gasteiger partial charge in [0.15, 0.2) is 0 Å². The molecule has 0 aromatic heterocycles. The summed E-state index contributed by atoms with van der Waals surface area (Å²) >= 11 is 6.04. The maximum atomic E-state index is 12.2. The third-order valence-electron chi connectivity index (χ3n) is 3.12. The van der Waals surface area contributed by atoms with Crippen LogP contribution in [-0.2, 0) is 21.3 Å². The van der Waals surface area contributed by atoms with E-state index in [1.165, 1.54) is 0 Å². The lowest BCUT2D eigenvalue weighted by Crippen LogP contribution is -2.41. The van der Waals surface area contributed by atoms with E-state index >= 15 is 0 Å². The SMILES string of the molecule is CC(C)N(C)C(=O)C(C)S(=O)Cc1ccccc1Cl. The van der Waals surface area contributed by atoms with Gasteiger partial charge in [0.25, 0.3) is 0 Å². The first-order valence-electron chi connectivity index (χ1n) is 6.21. The monoisotopic (exact) mass is 301 g/mol. The van der Waals surface area contributed by atoms with Gasteiger partial charge in [0, 0.05) is 28.9 Å². The molecule has 0 aliphatic carbocycles. The molecule has 0 spiro atoms. The fourth-order valence-electron chi connectivity index (χ4n) is 1.55. The highest BCUT2D eigenvalue weighted by molar-refractivity contribution is 7.85. The molecule has 2 atom stereocenters. The van der Waals surface area contributed by atoms with Gasteiger partial charge in [-0.05, 0) is 32.4 Å². The number of halogens is 1. The van der Waals surface area contributed by atoms with Gasteiger partial charge in [-0.25, -0.2) is 0 Å². The van der Waals surface area contributed by atoms with Crippen molar-refractivity contribution in [2.75, 3.05) is 7.05 Å². The first kappa shape index (κ1) is 16.2. The quantitative estimate of drug-likeness (QED) is 0.838. The number of nitrogens with zero attached hydrogens (tertiary/aromatic N) is 1. The fraction of sp³-hybridized carbons (Fsp3) is 0.500. The predicted octanol–water partition coefficient (Wildman–Crippen LogP) is 2.84. The van der Waals surface area contributed by atoms with Crippen molar-refractivity contribution < 1.29 is 9.00 Å². The molecule has 2 unspecified atom stereocenters. The van der Waals surface area contributed by atoms with Crippen molar-refractivity contribution in [2.45, 2.75) is 37.8 Å². The number of carbonyl (C=O) groups excluding carboxylic acids is 1. The molecule has 0 aliphatic heterocycles. The Morgan fingerprint density at radius 2 is 1.89 bits per heavy atom. The minimum absolute atomic E-state index is 0.0969. The Morgan fingerprint density at radius 1 is 1.32 bits per heavy atom. The summed E-state index contributed by atoms with van der Waals surface area (Å²) in [7, 11) is 0.463. The highest BCUT2D eigenvalue weighted by Crippen LogP contribution is 2.18. The van der Waals surface area contributed by atoms with Crippen LogP contribution in [0.25, 0.3) is 0 Å². The summed E-state index contributed by atoms with van der Waals surface area (Å²) in [5.74, 6) is 0.207. The number of benzene rings is 1. The summed E-state index contributed by atoms with van der Waals surface area (Å²) in [6.07, 6.45) is 0. The zero-order valence-corrected chi connectivity index (χ0v) is 13.3. The van der Waals surface area contributed by atoms with Crippen molar-refractivity contribution >= 4 is 28.3 Å². The average Bonchev–Trinajstić information content (AvgIpc) is 2.38. The van der Waals surface area contributed by atoms with Crippen molar-refractivity contribution in [1.82, 2.24) is 4.90 Å². The molecule has 1 amide bonds. The number of hydrogen-bond acceptors (Lipinski definition) is 2. The predicted molar refractivity (Wildman–Crippen MR) is 80.7 cm³/mol. The molecular weight excluding hydrogens is 282 g/mol. The van der Waals surface area contributed by atoms with Gasteiger partial charge in [-0.2, -0.15) is 0 Å². The van der Waals surface area contributed by atoms with Gasteiger partial charge in [0.05, 0.1) is 5.75 Å². The van der Waals surface area contributed by atoms with E-state index in [4.69, 9.17) is 11.6 Å². The van der Waals surface area contributed by atoms with Gasteiger partial charge in [0.2, 0.25) is 5.91 Å². The van der Waals surface area contributed by atoms with Crippen LogP contribution in [0, 0.1) is 0 Å². The molecule has 5 heteroatoms. The Balaban J connectivity index is 2.73. The van der Waals surface area contributed by atoms with Crippen LogP contribution in [0.1, 0.15) is 26.3 Å². The van der Waals surface area contributed by atoms with E-state index in [1.54, 1.807) is 24.9 Å². The van der Waals surface area contributed by atoms with Crippen LogP contribution in [0.4, 0.5) is 0 Å². The van der Waals surface area contributed by atoms with E-state index in [-0.39, 0.29) is 11.9 Å². The molecule has 0 radical (unpaired) electrons. The Bertz CT molecular complexity index is 476. The molecule has 1 aromatic rings. The normalized spacial score (nSPS) is 14.2. The minimum Gasteiger partial charge on any atom is -0.342 e. The van der Waals surface area contributed by atoms with E-state index < -0.39 is 16.0 Å². The summed E-state index contributed by atoms with van der Waals surface area (Å²) in [6.45, 7) is 5.57. The van der Waals surface area contributed by atoms with Crippen LogP contribution in [0.2, 0.25) is 5.02 Å². The third-order valence-corrected chi connectivity index (χ3v) is 5.07. The maximum absolute atomic E-state index is 12.2. The number of rotatable bonds is 5. The number of amides is 1.